The second-order valence-electron chi connectivity index (χ2n) is 4.25. The van der Waals surface area contributed by atoms with Gasteiger partial charge in [-0.2, -0.15) is 0 Å². The summed E-state index contributed by atoms with van der Waals surface area (Å²) in [5, 5.41) is 0. The molecule has 0 saturated heterocycles. The van der Waals surface area contributed by atoms with Crippen LogP contribution in [-0.2, 0) is 4.79 Å². The van der Waals surface area contributed by atoms with Crippen molar-refractivity contribution in [2.75, 3.05) is 17.7 Å². The van der Waals surface area contributed by atoms with Crippen molar-refractivity contribution in [3.05, 3.63) is 22.7 Å². The number of benzene rings is 1. The Morgan fingerprint density at radius 1 is 1.50 bits per heavy atom. The van der Waals surface area contributed by atoms with Gasteiger partial charge < -0.3 is 10.6 Å². The highest BCUT2D eigenvalue weighted by Crippen LogP contribution is 2.26. The number of carbonyl (C=O) groups excluding carboxylic acids is 1. The lowest BCUT2D eigenvalue weighted by molar-refractivity contribution is -0.119. The van der Waals surface area contributed by atoms with E-state index in [1.165, 1.54) is 0 Å². The third kappa shape index (κ3) is 3.23. The molecule has 3 nitrogen and oxygen atoms in total. The number of hydrogen-bond donors (Lipinski definition) is 1. The van der Waals surface area contributed by atoms with E-state index in [4.69, 9.17) is 5.73 Å². The molecule has 0 aliphatic heterocycles. The highest BCUT2D eigenvalue weighted by molar-refractivity contribution is 9.10. The molecule has 1 aromatic rings. The zero-order chi connectivity index (χ0) is 12.3. The number of carbonyl (C=O) groups is 1. The van der Waals surface area contributed by atoms with Gasteiger partial charge in [-0.1, -0.05) is 29.8 Å². The SMILES string of the molecule is CC(C)CC(=O)N(C)c1ccc(Br)cc1N. The van der Waals surface area contributed by atoms with E-state index in [0.717, 1.165) is 10.2 Å². The van der Waals surface area contributed by atoms with Crippen LogP contribution in [0, 0.1) is 5.92 Å². The molecule has 0 unspecified atom stereocenters. The zero-order valence-electron chi connectivity index (χ0n) is 9.83. The second-order valence-corrected chi connectivity index (χ2v) is 5.17. The molecule has 1 amide bonds. The minimum atomic E-state index is 0.0871. The largest absolute Gasteiger partial charge is 0.397 e. The summed E-state index contributed by atoms with van der Waals surface area (Å²) in [6, 6.07) is 5.52. The molecule has 16 heavy (non-hydrogen) atoms. The lowest BCUT2D eigenvalue weighted by Gasteiger charge is -2.20. The maximum absolute atomic E-state index is 11.8. The van der Waals surface area contributed by atoms with Crippen LogP contribution in [0.5, 0.6) is 0 Å². The lowest BCUT2D eigenvalue weighted by Crippen LogP contribution is -2.27. The number of nitrogens with zero attached hydrogens (tertiary/aromatic N) is 1. The molecule has 0 aliphatic carbocycles. The van der Waals surface area contributed by atoms with Crippen LogP contribution in [0.25, 0.3) is 0 Å². The predicted molar refractivity (Wildman–Crippen MR) is 71.4 cm³/mol. The summed E-state index contributed by atoms with van der Waals surface area (Å²) >= 11 is 3.34. The minimum Gasteiger partial charge on any atom is -0.397 e. The van der Waals surface area contributed by atoms with Crippen LogP contribution < -0.4 is 10.6 Å². The Kier molecular flexibility index (Phi) is 4.35. The molecule has 0 fully saturated rings. The van der Waals surface area contributed by atoms with E-state index in [2.05, 4.69) is 15.9 Å². The van der Waals surface area contributed by atoms with Crippen LogP contribution in [0.4, 0.5) is 11.4 Å². The van der Waals surface area contributed by atoms with Gasteiger partial charge in [-0.3, -0.25) is 4.79 Å². The molecule has 1 aromatic carbocycles. The van der Waals surface area contributed by atoms with Crippen molar-refractivity contribution in [2.45, 2.75) is 20.3 Å². The van der Waals surface area contributed by atoms with Crippen LogP contribution >= 0.6 is 15.9 Å². The van der Waals surface area contributed by atoms with Crippen LogP contribution in [-0.4, -0.2) is 13.0 Å². The van der Waals surface area contributed by atoms with E-state index in [9.17, 15) is 4.79 Å². The van der Waals surface area contributed by atoms with Gasteiger partial charge in [-0.25, -0.2) is 0 Å². The first-order chi connectivity index (χ1) is 7.41. The van der Waals surface area contributed by atoms with Crippen LogP contribution in [0.2, 0.25) is 0 Å². The van der Waals surface area contributed by atoms with E-state index >= 15 is 0 Å². The summed E-state index contributed by atoms with van der Waals surface area (Å²) in [5.74, 6) is 0.440. The Hall–Kier alpha value is -1.03. The highest BCUT2D eigenvalue weighted by atomic mass is 79.9. The Bertz CT molecular complexity index is 391. The Morgan fingerprint density at radius 3 is 2.62 bits per heavy atom. The van der Waals surface area contributed by atoms with Gasteiger partial charge in [0.2, 0.25) is 5.91 Å². The maximum Gasteiger partial charge on any atom is 0.227 e. The molecule has 0 saturated carbocycles. The molecular weight excluding hydrogens is 268 g/mol. The van der Waals surface area contributed by atoms with Crippen molar-refractivity contribution in [1.29, 1.82) is 0 Å². The van der Waals surface area contributed by atoms with Crippen molar-refractivity contribution in [3.63, 3.8) is 0 Å². The van der Waals surface area contributed by atoms with Crippen molar-refractivity contribution in [2.24, 2.45) is 5.92 Å². The second kappa shape index (κ2) is 5.34. The lowest BCUT2D eigenvalue weighted by atomic mass is 10.1. The number of amides is 1. The predicted octanol–water partition coefficient (Wildman–Crippen LogP) is 3.04. The summed E-state index contributed by atoms with van der Waals surface area (Å²) in [5.41, 5.74) is 7.23. The monoisotopic (exact) mass is 284 g/mol. The molecule has 1 rings (SSSR count). The van der Waals surface area contributed by atoms with Gasteiger partial charge in [0, 0.05) is 17.9 Å². The summed E-state index contributed by atoms with van der Waals surface area (Å²) < 4.78 is 0.915. The average Bonchev–Trinajstić information content (AvgIpc) is 2.15. The van der Waals surface area contributed by atoms with Gasteiger partial charge in [0.15, 0.2) is 0 Å². The molecule has 0 bridgehead atoms. The Morgan fingerprint density at radius 2 is 2.12 bits per heavy atom. The van der Waals surface area contributed by atoms with Gasteiger partial charge in [0.05, 0.1) is 11.4 Å². The summed E-state index contributed by atoms with van der Waals surface area (Å²) in [6.07, 6.45) is 0.534. The van der Waals surface area contributed by atoms with Gasteiger partial charge in [0.25, 0.3) is 0 Å². The van der Waals surface area contributed by atoms with E-state index in [0.29, 0.717) is 18.0 Å². The fourth-order valence-electron chi connectivity index (χ4n) is 1.45. The normalized spacial score (nSPS) is 10.6. The smallest absolute Gasteiger partial charge is 0.227 e. The maximum atomic E-state index is 11.8. The molecular formula is C12H17BrN2O. The van der Waals surface area contributed by atoms with Crippen molar-refractivity contribution >= 4 is 33.2 Å². The van der Waals surface area contributed by atoms with Crippen molar-refractivity contribution < 1.29 is 4.79 Å². The van der Waals surface area contributed by atoms with E-state index in [1.54, 1.807) is 18.0 Å². The third-order valence-corrected chi connectivity index (χ3v) is 2.80. The van der Waals surface area contributed by atoms with Gasteiger partial charge in [-0.05, 0) is 24.1 Å². The first-order valence-electron chi connectivity index (χ1n) is 5.23. The van der Waals surface area contributed by atoms with Crippen LogP contribution in [0.3, 0.4) is 0 Å². The fraction of sp³-hybridized carbons (Fsp3) is 0.417. The van der Waals surface area contributed by atoms with Crippen LogP contribution in [0.1, 0.15) is 20.3 Å². The van der Waals surface area contributed by atoms with Crippen molar-refractivity contribution in [1.82, 2.24) is 0 Å². The fourth-order valence-corrected chi connectivity index (χ4v) is 1.83. The molecule has 88 valence electrons. The first kappa shape index (κ1) is 13.0. The average molecular weight is 285 g/mol. The summed E-state index contributed by atoms with van der Waals surface area (Å²) in [4.78, 5) is 13.5. The van der Waals surface area contributed by atoms with E-state index < -0.39 is 0 Å². The molecule has 2 N–H and O–H groups in total. The number of nitrogen functional groups attached to an aromatic ring is 1. The van der Waals surface area contributed by atoms with Crippen LogP contribution in [0.15, 0.2) is 22.7 Å². The number of rotatable bonds is 3. The first-order valence-corrected chi connectivity index (χ1v) is 6.02. The van der Waals surface area contributed by atoms with Gasteiger partial charge in [0.1, 0.15) is 0 Å². The summed E-state index contributed by atoms with van der Waals surface area (Å²) in [7, 11) is 1.75. The number of halogens is 1. The van der Waals surface area contributed by atoms with Gasteiger partial charge in [-0.15, -0.1) is 0 Å². The molecule has 0 heterocycles. The Balaban J connectivity index is 2.87. The third-order valence-electron chi connectivity index (χ3n) is 2.31. The molecule has 4 heteroatoms. The standard InChI is InChI=1S/C12H17BrN2O/c1-8(2)6-12(16)15(3)11-5-4-9(13)7-10(11)14/h4-5,7-8H,6,14H2,1-3H3. The molecule has 0 atom stereocenters. The van der Waals surface area contributed by atoms with E-state index in [-0.39, 0.29) is 5.91 Å². The topological polar surface area (TPSA) is 46.3 Å². The quantitative estimate of drug-likeness (QED) is 0.868. The summed E-state index contributed by atoms with van der Waals surface area (Å²) in [6.45, 7) is 4.05. The highest BCUT2D eigenvalue weighted by Gasteiger charge is 2.14. The molecule has 0 aromatic heterocycles. The molecule has 0 radical (unpaired) electrons. The number of nitrogens with two attached hydrogens (primary N) is 1. The minimum absolute atomic E-state index is 0.0871. The number of anilines is 2. The molecule has 0 aliphatic rings. The molecule has 0 spiro atoms. The van der Waals surface area contributed by atoms with E-state index in [1.807, 2.05) is 26.0 Å². The Labute approximate surface area is 105 Å². The zero-order valence-corrected chi connectivity index (χ0v) is 11.4. The van der Waals surface area contributed by atoms with Gasteiger partial charge >= 0.3 is 0 Å². The van der Waals surface area contributed by atoms with Crippen molar-refractivity contribution in [3.8, 4) is 0 Å². The number of hydrogen-bond acceptors (Lipinski definition) is 2.